The van der Waals surface area contributed by atoms with E-state index in [0.29, 0.717) is 43.5 Å². The lowest BCUT2D eigenvalue weighted by Crippen LogP contribution is -2.45. The Morgan fingerprint density at radius 3 is 2.64 bits per heavy atom. The van der Waals surface area contributed by atoms with Gasteiger partial charge in [-0.25, -0.2) is 0 Å². The van der Waals surface area contributed by atoms with Crippen molar-refractivity contribution in [2.24, 2.45) is 5.92 Å². The van der Waals surface area contributed by atoms with Gasteiger partial charge in [-0.1, -0.05) is 0 Å². The predicted octanol–water partition coefficient (Wildman–Crippen LogP) is 1.18. The molecule has 2 heterocycles. The molecule has 2 aliphatic heterocycles. The number of rotatable bonds is 6. The second kappa shape index (κ2) is 8.50. The van der Waals surface area contributed by atoms with E-state index in [1.807, 2.05) is 20.8 Å². The normalized spacial score (nSPS) is 18.4. The third kappa shape index (κ3) is 4.37. The number of likely N-dealkylation sites (N-methyl/N-ethyl adjacent to an activating group) is 1. The highest BCUT2D eigenvalue weighted by Gasteiger charge is 2.37. The van der Waals surface area contributed by atoms with Crippen molar-refractivity contribution in [2.45, 2.75) is 33.2 Å². The number of carbonyl (C=O) groups excluding carboxylic acids is 3. The lowest BCUT2D eigenvalue weighted by molar-refractivity contribution is -0.139. The maximum atomic E-state index is 12.9. The lowest BCUT2D eigenvalue weighted by atomic mass is 10.1. The van der Waals surface area contributed by atoms with E-state index in [2.05, 4.69) is 5.32 Å². The Labute approximate surface area is 164 Å². The highest BCUT2D eigenvalue weighted by molar-refractivity contribution is 6.01. The maximum absolute atomic E-state index is 12.9. The van der Waals surface area contributed by atoms with E-state index in [4.69, 9.17) is 9.47 Å². The van der Waals surface area contributed by atoms with Crippen LogP contribution in [0.25, 0.3) is 0 Å². The van der Waals surface area contributed by atoms with Crippen molar-refractivity contribution in [3.63, 3.8) is 0 Å². The SMILES string of the molecule is CCN(CC(=O)NC(C)C)C(=O)[C@H]1CC(=O)N(c2ccc3c(c2)OCCO3)C1. The summed E-state index contributed by atoms with van der Waals surface area (Å²) >= 11 is 0. The molecule has 1 aromatic carbocycles. The fourth-order valence-electron chi connectivity index (χ4n) is 3.47. The highest BCUT2D eigenvalue weighted by atomic mass is 16.6. The van der Waals surface area contributed by atoms with Gasteiger partial charge < -0.3 is 24.6 Å². The number of hydrogen-bond donors (Lipinski definition) is 1. The number of hydrogen-bond acceptors (Lipinski definition) is 5. The number of fused-ring (bicyclic) bond motifs is 1. The number of amides is 3. The van der Waals surface area contributed by atoms with Gasteiger partial charge in [0.15, 0.2) is 11.5 Å². The summed E-state index contributed by atoms with van der Waals surface area (Å²) in [6.07, 6.45) is 0.134. The van der Waals surface area contributed by atoms with Gasteiger partial charge in [-0.2, -0.15) is 0 Å². The van der Waals surface area contributed by atoms with Crippen LogP contribution < -0.4 is 19.7 Å². The molecule has 1 fully saturated rings. The molecule has 0 spiro atoms. The van der Waals surface area contributed by atoms with Crippen LogP contribution in [0.4, 0.5) is 5.69 Å². The minimum atomic E-state index is -0.465. The summed E-state index contributed by atoms with van der Waals surface area (Å²) in [4.78, 5) is 40.5. The molecule has 0 saturated carbocycles. The molecule has 8 heteroatoms. The molecule has 3 rings (SSSR count). The van der Waals surface area contributed by atoms with Gasteiger partial charge in [-0.05, 0) is 32.9 Å². The Balaban J connectivity index is 1.67. The minimum absolute atomic E-state index is 0.00221. The number of nitrogens with one attached hydrogen (secondary N) is 1. The smallest absolute Gasteiger partial charge is 0.239 e. The number of anilines is 1. The van der Waals surface area contributed by atoms with E-state index in [0.717, 1.165) is 0 Å². The lowest BCUT2D eigenvalue weighted by Gasteiger charge is -2.25. The molecule has 28 heavy (non-hydrogen) atoms. The minimum Gasteiger partial charge on any atom is -0.486 e. The van der Waals surface area contributed by atoms with E-state index in [9.17, 15) is 14.4 Å². The maximum Gasteiger partial charge on any atom is 0.239 e. The van der Waals surface area contributed by atoms with Gasteiger partial charge in [0.05, 0.1) is 12.5 Å². The van der Waals surface area contributed by atoms with Crippen LogP contribution in [0.3, 0.4) is 0 Å². The zero-order valence-corrected chi connectivity index (χ0v) is 16.6. The standard InChI is InChI=1S/C20H27N3O5/c1-4-22(12-18(24)21-13(2)3)20(26)14-9-19(25)23(11-14)15-5-6-16-17(10-15)28-8-7-27-16/h5-6,10,13-14H,4,7-9,11-12H2,1-3H3,(H,21,24)/t14-/m0/s1. The first-order valence-corrected chi connectivity index (χ1v) is 9.67. The Bertz CT molecular complexity index is 764. The fraction of sp³-hybridized carbons (Fsp3) is 0.550. The van der Waals surface area contributed by atoms with Crippen molar-refractivity contribution in [2.75, 3.05) is 37.7 Å². The third-order valence-corrected chi connectivity index (χ3v) is 4.79. The zero-order valence-electron chi connectivity index (χ0n) is 16.6. The summed E-state index contributed by atoms with van der Waals surface area (Å²) in [5.41, 5.74) is 0.685. The van der Waals surface area contributed by atoms with Gasteiger partial charge >= 0.3 is 0 Å². The van der Waals surface area contributed by atoms with Gasteiger partial charge in [0.2, 0.25) is 17.7 Å². The summed E-state index contributed by atoms with van der Waals surface area (Å²) in [7, 11) is 0. The molecule has 3 amide bonds. The first-order chi connectivity index (χ1) is 13.4. The van der Waals surface area contributed by atoms with E-state index in [1.54, 1.807) is 23.1 Å². The summed E-state index contributed by atoms with van der Waals surface area (Å²) in [5.74, 6) is 0.313. The first-order valence-electron chi connectivity index (χ1n) is 9.67. The van der Waals surface area contributed by atoms with E-state index in [-0.39, 0.29) is 36.7 Å². The van der Waals surface area contributed by atoms with Gasteiger partial charge in [0.25, 0.3) is 0 Å². The van der Waals surface area contributed by atoms with Crippen LogP contribution in [-0.4, -0.2) is 61.5 Å². The molecule has 0 radical (unpaired) electrons. The average molecular weight is 389 g/mol. The molecule has 1 atom stereocenters. The van der Waals surface area contributed by atoms with Crippen LogP contribution in [0, 0.1) is 5.92 Å². The molecule has 1 N–H and O–H groups in total. The second-order valence-corrected chi connectivity index (χ2v) is 7.31. The molecule has 0 unspecified atom stereocenters. The summed E-state index contributed by atoms with van der Waals surface area (Å²) < 4.78 is 11.1. The van der Waals surface area contributed by atoms with Crippen molar-refractivity contribution < 1.29 is 23.9 Å². The van der Waals surface area contributed by atoms with Crippen LogP contribution in [0.15, 0.2) is 18.2 Å². The van der Waals surface area contributed by atoms with Crippen LogP contribution in [0.2, 0.25) is 0 Å². The molecule has 2 aliphatic rings. The molecule has 152 valence electrons. The van der Waals surface area contributed by atoms with Crippen molar-refractivity contribution in [1.82, 2.24) is 10.2 Å². The fourth-order valence-corrected chi connectivity index (χ4v) is 3.47. The van der Waals surface area contributed by atoms with Crippen LogP contribution >= 0.6 is 0 Å². The van der Waals surface area contributed by atoms with Gasteiger partial charge in [0.1, 0.15) is 13.2 Å². The van der Waals surface area contributed by atoms with Crippen molar-refractivity contribution in [3.8, 4) is 11.5 Å². The average Bonchev–Trinajstić information content (AvgIpc) is 3.06. The van der Waals surface area contributed by atoms with Gasteiger partial charge in [-0.3, -0.25) is 14.4 Å². The van der Waals surface area contributed by atoms with Crippen molar-refractivity contribution >= 4 is 23.4 Å². The highest BCUT2D eigenvalue weighted by Crippen LogP contribution is 2.36. The molecule has 8 nitrogen and oxygen atoms in total. The zero-order chi connectivity index (χ0) is 20.3. The Kier molecular flexibility index (Phi) is 6.06. The Morgan fingerprint density at radius 2 is 1.96 bits per heavy atom. The van der Waals surface area contributed by atoms with Gasteiger partial charge in [0, 0.05) is 37.3 Å². The Morgan fingerprint density at radius 1 is 1.25 bits per heavy atom. The predicted molar refractivity (Wildman–Crippen MR) is 103 cm³/mol. The van der Waals surface area contributed by atoms with E-state index >= 15 is 0 Å². The van der Waals surface area contributed by atoms with Crippen LogP contribution in [0.1, 0.15) is 27.2 Å². The van der Waals surface area contributed by atoms with Crippen LogP contribution in [-0.2, 0) is 14.4 Å². The first kappa shape index (κ1) is 20.0. The Hall–Kier alpha value is -2.77. The van der Waals surface area contributed by atoms with Crippen molar-refractivity contribution in [3.05, 3.63) is 18.2 Å². The number of ether oxygens (including phenoxy) is 2. The third-order valence-electron chi connectivity index (χ3n) is 4.79. The quantitative estimate of drug-likeness (QED) is 0.789. The number of carbonyl (C=O) groups is 3. The molecule has 1 aromatic rings. The molecular formula is C20H27N3O5. The van der Waals surface area contributed by atoms with Crippen LogP contribution in [0.5, 0.6) is 11.5 Å². The summed E-state index contributed by atoms with van der Waals surface area (Å²) in [6, 6.07) is 5.36. The molecule has 1 saturated heterocycles. The molecule has 0 aromatic heterocycles. The van der Waals surface area contributed by atoms with E-state index < -0.39 is 5.92 Å². The van der Waals surface area contributed by atoms with Crippen molar-refractivity contribution in [1.29, 1.82) is 0 Å². The summed E-state index contributed by atoms with van der Waals surface area (Å²) in [5, 5.41) is 2.79. The van der Waals surface area contributed by atoms with Gasteiger partial charge in [-0.15, -0.1) is 0 Å². The number of nitrogens with zero attached hydrogens (tertiary/aromatic N) is 2. The summed E-state index contributed by atoms with van der Waals surface area (Å²) in [6.45, 7) is 7.25. The monoisotopic (exact) mass is 389 g/mol. The molecule has 0 aliphatic carbocycles. The second-order valence-electron chi connectivity index (χ2n) is 7.31. The largest absolute Gasteiger partial charge is 0.486 e. The topological polar surface area (TPSA) is 88.2 Å². The molecule has 0 bridgehead atoms. The molecular weight excluding hydrogens is 362 g/mol. The number of benzene rings is 1. The van der Waals surface area contributed by atoms with E-state index in [1.165, 1.54) is 4.90 Å².